The Bertz CT molecular complexity index is 853. The van der Waals surface area contributed by atoms with Gasteiger partial charge in [0.25, 0.3) is 0 Å². The lowest BCUT2D eigenvalue weighted by molar-refractivity contribution is 0.0497. The summed E-state index contributed by atoms with van der Waals surface area (Å²) in [6, 6.07) is 2.13. The number of piperidine rings is 1. The highest BCUT2D eigenvalue weighted by Gasteiger charge is 2.34. The first-order valence-electron chi connectivity index (χ1n) is 9.49. The maximum Gasteiger partial charge on any atom is 0.407 e. The van der Waals surface area contributed by atoms with Crippen molar-refractivity contribution in [1.82, 2.24) is 10.3 Å². The standard InChI is InChI=1S/C20H24ClN5O2/c1-20(2,3)28-19(27)24-13-7-9-26(10-8-13)18-16(23-4)15(12-5-6-12)14(11-22)17(21)25-18/h12-13H,5-10H2,1-3H3,(H,24,27). The molecule has 1 aromatic rings. The van der Waals surface area contributed by atoms with E-state index in [2.05, 4.69) is 21.2 Å². The number of aromatic nitrogens is 1. The minimum atomic E-state index is -0.530. The number of nitriles is 1. The first-order valence-corrected chi connectivity index (χ1v) is 9.86. The fraction of sp³-hybridized carbons (Fsp3) is 0.600. The van der Waals surface area contributed by atoms with Gasteiger partial charge >= 0.3 is 6.09 Å². The first kappa shape index (κ1) is 20.2. The van der Waals surface area contributed by atoms with Crippen molar-refractivity contribution < 1.29 is 9.53 Å². The van der Waals surface area contributed by atoms with Crippen LogP contribution in [0.5, 0.6) is 0 Å². The summed E-state index contributed by atoms with van der Waals surface area (Å²) in [6.07, 6.45) is 2.96. The van der Waals surface area contributed by atoms with Crippen LogP contribution >= 0.6 is 11.6 Å². The number of amides is 1. The molecule has 1 amide bonds. The molecule has 2 heterocycles. The molecule has 2 aliphatic rings. The van der Waals surface area contributed by atoms with Gasteiger partial charge in [-0.05, 0) is 57.9 Å². The van der Waals surface area contributed by atoms with E-state index in [4.69, 9.17) is 22.9 Å². The highest BCUT2D eigenvalue weighted by atomic mass is 35.5. The van der Waals surface area contributed by atoms with Crippen molar-refractivity contribution in [2.24, 2.45) is 0 Å². The van der Waals surface area contributed by atoms with Crippen LogP contribution in [0.15, 0.2) is 0 Å². The van der Waals surface area contributed by atoms with Gasteiger partial charge in [0.05, 0.1) is 12.1 Å². The molecule has 0 unspecified atom stereocenters. The summed E-state index contributed by atoms with van der Waals surface area (Å²) < 4.78 is 5.31. The molecule has 0 bridgehead atoms. The summed E-state index contributed by atoms with van der Waals surface area (Å²) in [4.78, 5) is 22.1. The number of rotatable bonds is 3. The van der Waals surface area contributed by atoms with E-state index >= 15 is 0 Å². The Morgan fingerprint density at radius 1 is 1.36 bits per heavy atom. The molecule has 0 spiro atoms. The van der Waals surface area contributed by atoms with Crippen LogP contribution in [-0.4, -0.2) is 35.8 Å². The Labute approximate surface area is 170 Å². The molecule has 1 aliphatic carbocycles. The second-order valence-corrected chi connectivity index (χ2v) is 8.63. The topological polar surface area (TPSA) is 82.6 Å². The van der Waals surface area contributed by atoms with E-state index < -0.39 is 11.7 Å². The molecule has 148 valence electrons. The lowest BCUT2D eigenvalue weighted by atomic mass is 10.0. The minimum Gasteiger partial charge on any atom is -0.444 e. The zero-order valence-electron chi connectivity index (χ0n) is 16.4. The molecule has 1 N–H and O–H groups in total. The van der Waals surface area contributed by atoms with Crippen molar-refractivity contribution in [3.8, 4) is 6.07 Å². The van der Waals surface area contributed by atoms with Gasteiger partial charge in [-0.2, -0.15) is 5.26 Å². The number of carbonyl (C=O) groups excluding carboxylic acids is 1. The average molecular weight is 402 g/mol. The van der Waals surface area contributed by atoms with Gasteiger partial charge in [0, 0.05) is 19.1 Å². The normalized spacial score (nSPS) is 17.6. The molecule has 1 saturated heterocycles. The smallest absolute Gasteiger partial charge is 0.407 e. The Kier molecular flexibility index (Phi) is 5.67. The molecule has 3 rings (SSSR count). The Balaban J connectivity index is 1.74. The van der Waals surface area contributed by atoms with E-state index in [1.165, 1.54) is 0 Å². The summed E-state index contributed by atoms with van der Waals surface area (Å²) in [5.74, 6) is 0.779. The van der Waals surface area contributed by atoms with Gasteiger partial charge in [-0.25, -0.2) is 14.6 Å². The van der Waals surface area contributed by atoms with Gasteiger partial charge < -0.3 is 15.0 Å². The second-order valence-electron chi connectivity index (χ2n) is 8.27. The lowest BCUT2D eigenvalue weighted by Crippen LogP contribution is -2.46. The largest absolute Gasteiger partial charge is 0.444 e. The monoisotopic (exact) mass is 401 g/mol. The van der Waals surface area contributed by atoms with Crippen molar-refractivity contribution in [2.75, 3.05) is 18.0 Å². The molecular formula is C20H24ClN5O2. The second kappa shape index (κ2) is 7.85. The zero-order valence-corrected chi connectivity index (χ0v) is 17.1. The number of carbonyl (C=O) groups is 1. The fourth-order valence-electron chi connectivity index (χ4n) is 3.47. The van der Waals surface area contributed by atoms with E-state index in [-0.39, 0.29) is 17.1 Å². The van der Waals surface area contributed by atoms with Crippen LogP contribution in [0.3, 0.4) is 0 Å². The zero-order chi connectivity index (χ0) is 20.5. The Morgan fingerprint density at radius 2 is 2.00 bits per heavy atom. The number of alkyl carbamates (subject to hydrolysis) is 1. The third kappa shape index (κ3) is 4.48. The highest BCUT2D eigenvalue weighted by Crippen LogP contribution is 2.50. The summed E-state index contributed by atoms with van der Waals surface area (Å²) in [6.45, 7) is 14.4. The van der Waals surface area contributed by atoms with Crippen molar-refractivity contribution >= 4 is 29.2 Å². The number of anilines is 1. The molecule has 0 aromatic carbocycles. The molecule has 0 radical (unpaired) electrons. The summed E-state index contributed by atoms with van der Waals surface area (Å²) in [5.41, 5.74) is 1.00. The number of nitrogens with one attached hydrogen (secondary N) is 1. The van der Waals surface area contributed by atoms with Crippen LogP contribution in [0.1, 0.15) is 63.5 Å². The predicted octanol–water partition coefficient (Wildman–Crippen LogP) is 4.53. The third-order valence-electron chi connectivity index (χ3n) is 4.87. The SMILES string of the molecule is [C-]#[N+]c1c(N2CCC(NC(=O)OC(C)(C)C)CC2)nc(Cl)c(C#N)c1C1CC1. The van der Waals surface area contributed by atoms with Crippen molar-refractivity contribution in [3.63, 3.8) is 0 Å². The van der Waals surface area contributed by atoms with E-state index in [1.54, 1.807) is 0 Å². The molecule has 1 aromatic heterocycles. The molecule has 2 fully saturated rings. The van der Waals surface area contributed by atoms with E-state index in [0.29, 0.717) is 30.2 Å². The van der Waals surface area contributed by atoms with Gasteiger partial charge in [-0.15, -0.1) is 0 Å². The number of halogens is 1. The summed E-state index contributed by atoms with van der Waals surface area (Å²) in [7, 11) is 0. The molecule has 7 nitrogen and oxygen atoms in total. The van der Waals surface area contributed by atoms with Crippen molar-refractivity contribution in [2.45, 2.75) is 64.0 Å². The minimum absolute atomic E-state index is 0.0132. The van der Waals surface area contributed by atoms with E-state index in [0.717, 1.165) is 31.2 Å². The van der Waals surface area contributed by atoms with E-state index in [1.807, 2.05) is 25.7 Å². The number of ether oxygens (including phenoxy) is 1. The quantitative estimate of drug-likeness (QED) is 0.594. The van der Waals surface area contributed by atoms with Crippen LogP contribution in [0.25, 0.3) is 4.85 Å². The maximum absolute atomic E-state index is 12.0. The number of hydrogen-bond acceptors (Lipinski definition) is 5. The lowest BCUT2D eigenvalue weighted by Gasteiger charge is -2.34. The van der Waals surface area contributed by atoms with Crippen LogP contribution in [0.4, 0.5) is 16.3 Å². The highest BCUT2D eigenvalue weighted by molar-refractivity contribution is 6.31. The molecule has 1 aliphatic heterocycles. The van der Waals surface area contributed by atoms with Gasteiger partial charge in [0.1, 0.15) is 22.6 Å². The van der Waals surface area contributed by atoms with Crippen LogP contribution in [-0.2, 0) is 4.74 Å². The van der Waals surface area contributed by atoms with Gasteiger partial charge in [-0.1, -0.05) is 11.6 Å². The molecule has 0 atom stereocenters. The van der Waals surface area contributed by atoms with E-state index in [9.17, 15) is 10.1 Å². The fourth-order valence-corrected chi connectivity index (χ4v) is 3.69. The van der Waals surface area contributed by atoms with Gasteiger partial charge in [-0.3, -0.25) is 0 Å². The number of nitrogens with zero attached hydrogens (tertiary/aromatic N) is 4. The predicted molar refractivity (Wildman–Crippen MR) is 107 cm³/mol. The summed E-state index contributed by atoms with van der Waals surface area (Å²) >= 11 is 6.28. The van der Waals surface area contributed by atoms with Crippen LogP contribution in [0, 0.1) is 17.9 Å². The third-order valence-corrected chi connectivity index (χ3v) is 5.14. The molecule has 1 saturated carbocycles. The van der Waals surface area contributed by atoms with Crippen molar-refractivity contribution in [1.29, 1.82) is 5.26 Å². The molecular weight excluding hydrogens is 378 g/mol. The van der Waals surface area contributed by atoms with Crippen molar-refractivity contribution in [3.05, 3.63) is 27.7 Å². The van der Waals surface area contributed by atoms with Gasteiger partial charge in [0.15, 0.2) is 0 Å². The molecule has 8 heteroatoms. The van der Waals surface area contributed by atoms with Gasteiger partial charge in [0.2, 0.25) is 5.69 Å². The maximum atomic E-state index is 12.0. The average Bonchev–Trinajstić information content (AvgIpc) is 3.44. The Morgan fingerprint density at radius 3 is 2.50 bits per heavy atom. The van der Waals surface area contributed by atoms with Crippen LogP contribution in [0.2, 0.25) is 5.15 Å². The molecule has 28 heavy (non-hydrogen) atoms. The summed E-state index contributed by atoms with van der Waals surface area (Å²) in [5, 5.41) is 12.5. The van der Waals surface area contributed by atoms with Crippen LogP contribution < -0.4 is 10.2 Å². The Hall–Kier alpha value is -2.51. The first-order chi connectivity index (χ1) is 13.2. The number of hydrogen-bond donors (Lipinski definition) is 1. The number of pyridine rings is 1.